The van der Waals surface area contributed by atoms with Crippen LogP contribution in [-0.2, 0) is 11.2 Å². The molecule has 2 aromatic carbocycles. The molecule has 0 aromatic heterocycles. The van der Waals surface area contributed by atoms with Gasteiger partial charge in [0.15, 0.2) is 0 Å². The Hall–Kier alpha value is -2.96. The molecule has 0 saturated carbocycles. The lowest BCUT2D eigenvalue weighted by molar-refractivity contribution is -0.116. The van der Waals surface area contributed by atoms with Crippen molar-refractivity contribution in [3.05, 3.63) is 64.2 Å². The summed E-state index contributed by atoms with van der Waals surface area (Å²) in [5.74, 6) is -1.63. The van der Waals surface area contributed by atoms with E-state index in [4.69, 9.17) is 0 Å². The Morgan fingerprint density at radius 2 is 1.62 bits per heavy atom. The van der Waals surface area contributed by atoms with Crippen LogP contribution in [-0.4, -0.2) is 36.5 Å². The number of benzene rings is 2. The largest absolute Gasteiger partial charge is 0.335 e. The lowest BCUT2D eigenvalue weighted by Crippen LogP contribution is -2.45. The molecule has 2 N–H and O–H groups in total. The van der Waals surface area contributed by atoms with Crippen molar-refractivity contribution in [3.8, 4) is 0 Å². The van der Waals surface area contributed by atoms with Gasteiger partial charge in [0.1, 0.15) is 18.2 Å². The van der Waals surface area contributed by atoms with Crippen LogP contribution in [0.1, 0.15) is 29.2 Å². The number of urea groups is 1. The maximum Gasteiger partial charge on any atom is 0.317 e. The standard InChI is InChI=1S/C22H27F2N3O2/c1-13-9-14(2)21(15(3)10-13)26-20(28)12-27(5)22(29)25-16(4)11-17-18(23)7-6-8-19(17)24/h6-10,16H,11-12H2,1-5H3,(H,25,29)(H,26,28). The third kappa shape index (κ3) is 6.01. The summed E-state index contributed by atoms with van der Waals surface area (Å²) in [4.78, 5) is 25.9. The molecule has 7 heteroatoms. The highest BCUT2D eigenvalue weighted by Crippen LogP contribution is 2.21. The number of hydrogen-bond acceptors (Lipinski definition) is 2. The summed E-state index contributed by atoms with van der Waals surface area (Å²) in [6.45, 7) is 7.30. The number of carbonyl (C=O) groups is 2. The van der Waals surface area contributed by atoms with Crippen LogP contribution < -0.4 is 10.6 Å². The minimum atomic E-state index is -0.650. The van der Waals surface area contributed by atoms with E-state index in [0.717, 1.165) is 22.4 Å². The number of aryl methyl sites for hydroxylation is 3. The van der Waals surface area contributed by atoms with E-state index >= 15 is 0 Å². The summed E-state index contributed by atoms with van der Waals surface area (Å²) in [6.07, 6.45) is 0.00599. The summed E-state index contributed by atoms with van der Waals surface area (Å²) in [5, 5.41) is 5.50. The van der Waals surface area contributed by atoms with Gasteiger partial charge in [0.25, 0.3) is 0 Å². The van der Waals surface area contributed by atoms with E-state index in [1.807, 2.05) is 32.9 Å². The highest BCUT2D eigenvalue weighted by Gasteiger charge is 2.18. The number of nitrogens with one attached hydrogen (secondary N) is 2. The van der Waals surface area contributed by atoms with Gasteiger partial charge in [-0.15, -0.1) is 0 Å². The summed E-state index contributed by atoms with van der Waals surface area (Å²) < 4.78 is 27.5. The second-order valence-corrected chi connectivity index (χ2v) is 7.43. The fourth-order valence-electron chi connectivity index (χ4n) is 3.25. The van der Waals surface area contributed by atoms with Gasteiger partial charge in [0.05, 0.1) is 0 Å². The number of nitrogens with zero attached hydrogens (tertiary/aromatic N) is 1. The monoisotopic (exact) mass is 403 g/mol. The van der Waals surface area contributed by atoms with E-state index in [2.05, 4.69) is 10.6 Å². The van der Waals surface area contributed by atoms with Gasteiger partial charge in [-0.05, 0) is 57.4 Å². The van der Waals surface area contributed by atoms with Crippen LogP contribution in [0.2, 0.25) is 0 Å². The summed E-state index contributed by atoms with van der Waals surface area (Å²) in [7, 11) is 1.49. The molecular weight excluding hydrogens is 376 g/mol. The molecule has 0 aliphatic rings. The van der Waals surface area contributed by atoms with Gasteiger partial charge in [0.2, 0.25) is 5.91 Å². The molecule has 0 fully saturated rings. The lowest BCUT2D eigenvalue weighted by atomic mass is 10.1. The Morgan fingerprint density at radius 1 is 1.07 bits per heavy atom. The number of rotatable bonds is 6. The zero-order valence-corrected chi connectivity index (χ0v) is 17.4. The number of hydrogen-bond donors (Lipinski definition) is 2. The SMILES string of the molecule is Cc1cc(C)c(NC(=O)CN(C)C(=O)NC(C)Cc2c(F)cccc2F)c(C)c1. The van der Waals surface area contributed by atoms with Crippen molar-refractivity contribution in [3.63, 3.8) is 0 Å². The van der Waals surface area contributed by atoms with Crippen LogP contribution in [0.15, 0.2) is 30.3 Å². The number of amides is 3. The molecule has 2 rings (SSSR count). The summed E-state index contributed by atoms with van der Waals surface area (Å²) in [5.41, 5.74) is 3.66. The van der Waals surface area contributed by atoms with Crippen molar-refractivity contribution >= 4 is 17.6 Å². The van der Waals surface area contributed by atoms with Crippen LogP contribution in [0.25, 0.3) is 0 Å². The quantitative estimate of drug-likeness (QED) is 0.763. The normalized spacial score (nSPS) is 11.7. The number of anilines is 1. The maximum absolute atomic E-state index is 13.8. The first-order chi connectivity index (χ1) is 13.6. The van der Waals surface area contributed by atoms with Crippen molar-refractivity contribution in [2.24, 2.45) is 0 Å². The second-order valence-electron chi connectivity index (χ2n) is 7.43. The molecule has 0 heterocycles. The van der Waals surface area contributed by atoms with Crippen LogP contribution in [0, 0.1) is 32.4 Å². The van der Waals surface area contributed by atoms with Gasteiger partial charge >= 0.3 is 6.03 Å². The Bertz CT molecular complexity index is 872. The average Bonchev–Trinajstić information content (AvgIpc) is 2.61. The van der Waals surface area contributed by atoms with Crippen LogP contribution in [0.4, 0.5) is 19.3 Å². The average molecular weight is 403 g/mol. The molecule has 1 unspecified atom stereocenters. The molecule has 0 saturated heterocycles. The fraction of sp³-hybridized carbons (Fsp3) is 0.364. The Balaban J connectivity index is 1.92. The summed E-state index contributed by atoms with van der Waals surface area (Å²) in [6, 6.07) is 6.59. The minimum Gasteiger partial charge on any atom is -0.335 e. The van der Waals surface area contributed by atoms with Crippen LogP contribution >= 0.6 is 0 Å². The second kappa shape index (κ2) is 9.49. The molecule has 156 valence electrons. The lowest BCUT2D eigenvalue weighted by Gasteiger charge is -2.22. The van der Waals surface area contributed by atoms with Gasteiger partial charge < -0.3 is 15.5 Å². The Labute approximate surface area is 170 Å². The molecule has 0 radical (unpaired) electrons. The van der Waals surface area contributed by atoms with E-state index in [-0.39, 0.29) is 24.4 Å². The smallest absolute Gasteiger partial charge is 0.317 e. The first-order valence-corrected chi connectivity index (χ1v) is 9.40. The third-order valence-corrected chi connectivity index (χ3v) is 4.61. The van der Waals surface area contributed by atoms with Crippen molar-refractivity contribution in [2.45, 2.75) is 40.2 Å². The molecular formula is C22H27F2N3O2. The predicted octanol–water partition coefficient (Wildman–Crippen LogP) is 4.10. The number of halogens is 2. The number of carbonyl (C=O) groups excluding carboxylic acids is 2. The molecule has 5 nitrogen and oxygen atoms in total. The molecule has 0 spiro atoms. The van der Waals surface area contributed by atoms with Crippen LogP contribution in [0.3, 0.4) is 0 Å². The van der Waals surface area contributed by atoms with E-state index in [1.54, 1.807) is 6.92 Å². The first-order valence-electron chi connectivity index (χ1n) is 9.40. The molecule has 0 aliphatic carbocycles. The van der Waals surface area contributed by atoms with Crippen molar-refractivity contribution in [1.82, 2.24) is 10.2 Å². The van der Waals surface area contributed by atoms with E-state index in [0.29, 0.717) is 0 Å². The van der Waals surface area contributed by atoms with E-state index < -0.39 is 23.7 Å². The third-order valence-electron chi connectivity index (χ3n) is 4.61. The van der Waals surface area contributed by atoms with Gasteiger partial charge in [0, 0.05) is 24.3 Å². The molecule has 0 bridgehead atoms. The molecule has 1 atom stereocenters. The molecule has 0 aliphatic heterocycles. The summed E-state index contributed by atoms with van der Waals surface area (Å²) >= 11 is 0. The van der Waals surface area contributed by atoms with Gasteiger partial charge in [-0.3, -0.25) is 4.79 Å². The first kappa shape index (κ1) is 22.3. The van der Waals surface area contributed by atoms with Gasteiger partial charge in [-0.25, -0.2) is 13.6 Å². The topological polar surface area (TPSA) is 61.4 Å². The van der Waals surface area contributed by atoms with Crippen LogP contribution in [0.5, 0.6) is 0 Å². The van der Waals surface area contributed by atoms with E-state index in [9.17, 15) is 18.4 Å². The van der Waals surface area contributed by atoms with Gasteiger partial charge in [-0.1, -0.05) is 23.8 Å². The fourth-order valence-corrected chi connectivity index (χ4v) is 3.25. The highest BCUT2D eigenvalue weighted by atomic mass is 19.1. The number of likely N-dealkylation sites (N-methyl/N-ethyl adjacent to an activating group) is 1. The maximum atomic E-state index is 13.8. The van der Waals surface area contributed by atoms with Crippen molar-refractivity contribution in [2.75, 3.05) is 18.9 Å². The van der Waals surface area contributed by atoms with Crippen molar-refractivity contribution in [1.29, 1.82) is 0 Å². The zero-order chi connectivity index (χ0) is 21.7. The Morgan fingerprint density at radius 3 is 2.17 bits per heavy atom. The Kier molecular flexibility index (Phi) is 7.31. The highest BCUT2D eigenvalue weighted by molar-refractivity contribution is 5.95. The van der Waals surface area contributed by atoms with Gasteiger partial charge in [-0.2, -0.15) is 0 Å². The molecule has 2 aromatic rings. The zero-order valence-electron chi connectivity index (χ0n) is 17.4. The minimum absolute atomic E-state index is 0.00599. The van der Waals surface area contributed by atoms with Crippen molar-refractivity contribution < 1.29 is 18.4 Å². The predicted molar refractivity (Wildman–Crippen MR) is 110 cm³/mol. The van der Waals surface area contributed by atoms with E-state index in [1.165, 1.54) is 30.1 Å². The molecule has 3 amide bonds. The molecule has 29 heavy (non-hydrogen) atoms.